The number of nitrogens with two attached hydrogens (primary N) is 1. The number of rotatable bonds is 5. The Morgan fingerprint density at radius 1 is 0.893 bits per heavy atom. The number of hydrogen-bond donors (Lipinski definition) is 2. The molecule has 0 fully saturated rings. The summed E-state index contributed by atoms with van der Waals surface area (Å²) in [5.74, 6) is 0.873. The summed E-state index contributed by atoms with van der Waals surface area (Å²) in [4.78, 5) is 8.09. The lowest BCUT2D eigenvalue weighted by Crippen LogP contribution is -1.88. The fourth-order valence-electron chi connectivity index (χ4n) is 3.25. The van der Waals surface area contributed by atoms with E-state index in [-0.39, 0.29) is 0 Å². The van der Waals surface area contributed by atoms with Gasteiger partial charge in [-0.2, -0.15) is 0 Å². The van der Waals surface area contributed by atoms with Crippen LogP contribution in [0.5, 0.6) is 0 Å². The summed E-state index contributed by atoms with van der Waals surface area (Å²) in [6.07, 6.45) is 4.52. The van der Waals surface area contributed by atoms with E-state index in [9.17, 15) is 0 Å². The maximum atomic E-state index is 5.65. The number of aromatic nitrogens is 2. The third kappa shape index (κ3) is 3.89. The van der Waals surface area contributed by atoms with E-state index in [1.807, 2.05) is 25.3 Å². The van der Waals surface area contributed by atoms with Crippen molar-refractivity contribution in [3.8, 4) is 22.6 Å². The highest BCUT2D eigenvalue weighted by Gasteiger charge is 2.07. The van der Waals surface area contributed by atoms with E-state index >= 15 is 0 Å². The zero-order valence-corrected chi connectivity index (χ0v) is 15.9. The minimum absolute atomic E-state index is 0.873. The van der Waals surface area contributed by atoms with E-state index in [0.29, 0.717) is 0 Å². The smallest absolute Gasteiger partial charge is 0.138 e. The van der Waals surface area contributed by atoms with E-state index in [1.54, 1.807) is 6.20 Å². The zero-order valence-electron chi connectivity index (χ0n) is 15.9. The van der Waals surface area contributed by atoms with Crippen LogP contribution in [0.2, 0.25) is 0 Å². The standard InChI is InChI=1S/C25H23N3/c1-18(16-26)22-8-5-9-23(15-22)24-17-27-25(28-24)21-12-10-20(11-13-21)14-19-6-3-2-4-7-19/h2-13,15-17H,14,26H2,1H3,(H,27,28)/b18-16+. The summed E-state index contributed by atoms with van der Waals surface area (Å²) >= 11 is 0. The first-order valence-corrected chi connectivity index (χ1v) is 9.41. The Hall–Kier alpha value is -3.59. The van der Waals surface area contributed by atoms with Crippen LogP contribution in [0.4, 0.5) is 0 Å². The topological polar surface area (TPSA) is 54.7 Å². The van der Waals surface area contributed by atoms with Gasteiger partial charge in [-0.3, -0.25) is 0 Å². The molecule has 0 bridgehead atoms. The van der Waals surface area contributed by atoms with Crippen molar-refractivity contribution in [3.05, 3.63) is 108 Å². The number of hydrogen-bond acceptors (Lipinski definition) is 2. The summed E-state index contributed by atoms with van der Waals surface area (Å²) < 4.78 is 0. The molecule has 3 nitrogen and oxygen atoms in total. The SMILES string of the molecule is C/C(=C\N)c1cccc(-c2c[nH]c(-c3ccc(Cc4ccccc4)cc3)n2)c1. The van der Waals surface area contributed by atoms with Crippen molar-refractivity contribution in [2.24, 2.45) is 5.73 Å². The number of aromatic amines is 1. The first kappa shape index (κ1) is 17.8. The van der Waals surface area contributed by atoms with Gasteiger partial charge in [0.25, 0.3) is 0 Å². The third-order valence-corrected chi connectivity index (χ3v) is 4.92. The molecule has 0 atom stereocenters. The maximum absolute atomic E-state index is 5.65. The summed E-state index contributed by atoms with van der Waals surface area (Å²) in [6.45, 7) is 2.01. The van der Waals surface area contributed by atoms with Crippen LogP contribution in [0.1, 0.15) is 23.6 Å². The molecule has 4 aromatic rings. The van der Waals surface area contributed by atoms with Crippen molar-refractivity contribution in [2.45, 2.75) is 13.3 Å². The first-order chi connectivity index (χ1) is 13.7. The summed E-state index contributed by atoms with van der Waals surface area (Å²) in [6, 6.07) is 27.4. The normalized spacial score (nSPS) is 11.5. The second-order valence-electron chi connectivity index (χ2n) is 6.92. The molecule has 1 aromatic heterocycles. The van der Waals surface area contributed by atoms with Crippen LogP contribution in [0.3, 0.4) is 0 Å². The molecule has 0 radical (unpaired) electrons. The Balaban J connectivity index is 1.54. The van der Waals surface area contributed by atoms with Crippen molar-refractivity contribution in [1.82, 2.24) is 9.97 Å². The monoisotopic (exact) mass is 365 g/mol. The molecule has 138 valence electrons. The summed E-state index contributed by atoms with van der Waals surface area (Å²) in [7, 11) is 0. The lowest BCUT2D eigenvalue weighted by molar-refractivity contribution is 1.19. The molecule has 28 heavy (non-hydrogen) atoms. The number of H-pyrrole nitrogens is 1. The van der Waals surface area contributed by atoms with Gasteiger partial charge in [0.1, 0.15) is 5.82 Å². The second-order valence-corrected chi connectivity index (χ2v) is 6.92. The van der Waals surface area contributed by atoms with E-state index in [4.69, 9.17) is 10.7 Å². The van der Waals surface area contributed by atoms with Gasteiger partial charge in [-0.25, -0.2) is 4.98 Å². The molecular weight excluding hydrogens is 342 g/mol. The molecule has 0 amide bonds. The highest BCUT2D eigenvalue weighted by Crippen LogP contribution is 2.25. The van der Waals surface area contributed by atoms with Crippen molar-refractivity contribution >= 4 is 5.57 Å². The third-order valence-electron chi connectivity index (χ3n) is 4.92. The van der Waals surface area contributed by atoms with E-state index in [2.05, 4.69) is 71.7 Å². The van der Waals surface area contributed by atoms with Gasteiger partial charge in [-0.15, -0.1) is 0 Å². The number of benzene rings is 3. The highest BCUT2D eigenvalue weighted by atomic mass is 14.9. The quantitative estimate of drug-likeness (QED) is 0.480. The molecule has 0 saturated heterocycles. The highest BCUT2D eigenvalue weighted by molar-refractivity contribution is 5.71. The molecule has 3 N–H and O–H groups in total. The van der Waals surface area contributed by atoms with Crippen molar-refractivity contribution in [2.75, 3.05) is 0 Å². The zero-order chi connectivity index (χ0) is 19.3. The molecule has 0 spiro atoms. The van der Waals surface area contributed by atoms with Crippen LogP contribution in [0.25, 0.3) is 28.2 Å². The Morgan fingerprint density at radius 2 is 1.64 bits per heavy atom. The van der Waals surface area contributed by atoms with Gasteiger partial charge in [0, 0.05) is 17.3 Å². The largest absolute Gasteiger partial charge is 0.404 e. The van der Waals surface area contributed by atoms with Crippen molar-refractivity contribution in [3.63, 3.8) is 0 Å². The molecule has 1 heterocycles. The predicted molar refractivity (Wildman–Crippen MR) is 117 cm³/mol. The Bertz CT molecular complexity index is 1090. The first-order valence-electron chi connectivity index (χ1n) is 9.41. The van der Waals surface area contributed by atoms with Gasteiger partial charge in [0.05, 0.1) is 5.69 Å². The maximum Gasteiger partial charge on any atom is 0.138 e. The average molecular weight is 365 g/mol. The number of imidazole rings is 1. The second kappa shape index (κ2) is 7.97. The van der Waals surface area contributed by atoms with Crippen LogP contribution in [0, 0.1) is 0 Å². The van der Waals surface area contributed by atoms with Gasteiger partial charge >= 0.3 is 0 Å². The minimum Gasteiger partial charge on any atom is -0.404 e. The number of allylic oxidation sites excluding steroid dienone is 1. The van der Waals surface area contributed by atoms with Crippen LogP contribution in [-0.2, 0) is 6.42 Å². The molecule has 0 aliphatic rings. The van der Waals surface area contributed by atoms with Crippen molar-refractivity contribution in [1.29, 1.82) is 0 Å². The van der Waals surface area contributed by atoms with E-state index in [0.717, 1.165) is 40.2 Å². The van der Waals surface area contributed by atoms with Crippen LogP contribution < -0.4 is 5.73 Å². The Labute approximate surface area is 165 Å². The van der Waals surface area contributed by atoms with Gasteiger partial charge in [-0.05, 0) is 47.9 Å². The Kier molecular flexibility index (Phi) is 5.07. The van der Waals surface area contributed by atoms with Crippen LogP contribution >= 0.6 is 0 Å². The van der Waals surface area contributed by atoms with Gasteiger partial charge in [-0.1, -0.05) is 72.8 Å². The molecular formula is C25H23N3. The number of nitrogens with zero attached hydrogens (tertiary/aromatic N) is 1. The molecule has 0 unspecified atom stereocenters. The molecule has 0 aliphatic carbocycles. The van der Waals surface area contributed by atoms with Crippen molar-refractivity contribution < 1.29 is 0 Å². The fraction of sp³-hybridized carbons (Fsp3) is 0.0800. The fourth-order valence-corrected chi connectivity index (χ4v) is 3.25. The van der Waals surface area contributed by atoms with Gasteiger partial charge in [0.15, 0.2) is 0 Å². The van der Waals surface area contributed by atoms with Gasteiger partial charge < -0.3 is 10.7 Å². The summed E-state index contributed by atoms with van der Waals surface area (Å²) in [5.41, 5.74) is 13.5. The average Bonchev–Trinajstić information content (AvgIpc) is 3.25. The van der Waals surface area contributed by atoms with E-state index < -0.39 is 0 Å². The predicted octanol–water partition coefficient (Wildman–Crippen LogP) is 5.65. The molecule has 4 rings (SSSR count). The Morgan fingerprint density at radius 3 is 2.39 bits per heavy atom. The summed E-state index contributed by atoms with van der Waals surface area (Å²) in [5, 5.41) is 0. The lowest BCUT2D eigenvalue weighted by atomic mass is 10.0. The molecule has 0 saturated carbocycles. The molecule has 3 heteroatoms. The minimum atomic E-state index is 0.873. The van der Waals surface area contributed by atoms with Gasteiger partial charge in [0.2, 0.25) is 0 Å². The molecule has 0 aliphatic heterocycles. The van der Waals surface area contributed by atoms with Crippen LogP contribution in [-0.4, -0.2) is 9.97 Å². The van der Waals surface area contributed by atoms with E-state index in [1.165, 1.54) is 11.1 Å². The molecule has 3 aromatic carbocycles. The number of nitrogens with one attached hydrogen (secondary N) is 1. The lowest BCUT2D eigenvalue weighted by Gasteiger charge is -2.04. The van der Waals surface area contributed by atoms with Crippen LogP contribution in [0.15, 0.2) is 91.3 Å².